The number of aromatic nitrogens is 2. The molecule has 0 aliphatic carbocycles. The van der Waals surface area contributed by atoms with Gasteiger partial charge in [0.2, 0.25) is 0 Å². The number of likely N-dealkylation sites (N-methyl/N-ethyl adjacent to an activating group) is 1. The zero-order chi connectivity index (χ0) is 15.6. The highest BCUT2D eigenvalue weighted by Gasteiger charge is 2.26. The Labute approximate surface area is 125 Å². The van der Waals surface area contributed by atoms with Crippen molar-refractivity contribution in [3.05, 3.63) is 17.7 Å². The molecule has 2 rings (SSSR count). The van der Waals surface area contributed by atoms with Gasteiger partial charge in [-0.15, -0.1) is 0 Å². The average Bonchev–Trinajstić information content (AvgIpc) is 2.46. The van der Waals surface area contributed by atoms with Gasteiger partial charge in [0, 0.05) is 25.0 Å². The Morgan fingerprint density at radius 2 is 2.19 bits per heavy atom. The SMILES string of the molecule is CC(C)c1ncc(N2CCCC(N(C)C)C2)c(C(=O)O)n1. The largest absolute Gasteiger partial charge is 0.476 e. The number of hydrogen-bond donors (Lipinski definition) is 1. The highest BCUT2D eigenvalue weighted by Crippen LogP contribution is 2.25. The lowest BCUT2D eigenvalue weighted by Crippen LogP contribution is -2.45. The smallest absolute Gasteiger partial charge is 0.356 e. The first-order valence-corrected chi connectivity index (χ1v) is 7.41. The van der Waals surface area contributed by atoms with Crippen LogP contribution in [0.25, 0.3) is 0 Å². The Bertz CT molecular complexity index is 516. The number of carboxylic acid groups (broad SMARTS) is 1. The van der Waals surface area contributed by atoms with E-state index in [1.54, 1.807) is 6.20 Å². The number of nitrogens with zero attached hydrogens (tertiary/aromatic N) is 4. The van der Waals surface area contributed by atoms with Crippen molar-refractivity contribution >= 4 is 11.7 Å². The molecular weight excluding hydrogens is 268 g/mol. The van der Waals surface area contributed by atoms with Gasteiger partial charge < -0.3 is 14.9 Å². The van der Waals surface area contributed by atoms with Crippen LogP contribution in [0.5, 0.6) is 0 Å². The van der Waals surface area contributed by atoms with E-state index in [2.05, 4.69) is 33.9 Å². The molecule has 116 valence electrons. The average molecular weight is 292 g/mol. The topological polar surface area (TPSA) is 69.6 Å². The van der Waals surface area contributed by atoms with Crippen LogP contribution in [0.3, 0.4) is 0 Å². The lowest BCUT2D eigenvalue weighted by atomic mass is 10.0. The minimum atomic E-state index is -0.985. The van der Waals surface area contributed by atoms with Gasteiger partial charge in [-0.25, -0.2) is 14.8 Å². The summed E-state index contributed by atoms with van der Waals surface area (Å²) in [5.41, 5.74) is 0.756. The van der Waals surface area contributed by atoms with Crippen LogP contribution >= 0.6 is 0 Å². The number of carbonyl (C=O) groups is 1. The molecule has 2 heterocycles. The number of rotatable bonds is 4. The predicted octanol–water partition coefficient (Wildman–Crippen LogP) is 1.83. The first-order chi connectivity index (χ1) is 9.90. The molecule has 0 radical (unpaired) electrons. The quantitative estimate of drug-likeness (QED) is 0.913. The fourth-order valence-corrected chi connectivity index (χ4v) is 2.65. The molecule has 0 amide bonds. The molecular formula is C15H24N4O2. The molecule has 1 aromatic heterocycles. The summed E-state index contributed by atoms with van der Waals surface area (Å²) < 4.78 is 0. The third kappa shape index (κ3) is 3.50. The summed E-state index contributed by atoms with van der Waals surface area (Å²) in [7, 11) is 4.12. The van der Waals surface area contributed by atoms with Crippen molar-refractivity contribution in [1.29, 1.82) is 0 Å². The summed E-state index contributed by atoms with van der Waals surface area (Å²) in [6.07, 6.45) is 3.86. The molecule has 0 spiro atoms. The second-order valence-electron chi connectivity index (χ2n) is 6.13. The molecule has 0 aromatic carbocycles. The van der Waals surface area contributed by atoms with E-state index in [1.807, 2.05) is 13.8 Å². The molecule has 1 atom stereocenters. The summed E-state index contributed by atoms with van der Waals surface area (Å²) in [6.45, 7) is 5.60. The second-order valence-corrected chi connectivity index (χ2v) is 6.13. The summed E-state index contributed by atoms with van der Waals surface area (Å²) >= 11 is 0. The van der Waals surface area contributed by atoms with E-state index in [1.165, 1.54) is 0 Å². The van der Waals surface area contributed by atoms with Crippen molar-refractivity contribution < 1.29 is 9.90 Å². The minimum absolute atomic E-state index is 0.119. The first kappa shape index (κ1) is 15.7. The first-order valence-electron chi connectivity index (χ1n) is 7.41. The van der Waals surface area contributed by atoms with Gasteiger partial charge in [0.05, 0.1) is 11.9 Å². The molecule has 1 fully saturated rings. The summed E-state index contributed by atoms with van der Waals surface area (Å²) in [5.74, 6) is -0.286. The molecule has 0 bridgehead atoms. The number of anilines is 1. The molecule has 0 saturated carbocycles. The predicted molar refractivity (Wildman–Crippen MR) is 82.0 cm³/mol. The maximum Gasteiger partial charge on any atom is 0.356 e. The van der Waals surface area contributed by atoms with Gasteiger partial charge in [0.1, 0.15) is 5.82 Å². The Morgan fingerprint density at radius 1 is 1.48 bits per heavy atom. The Balaban J connectivity index is 2.32. The van der Waals surface area contributed by atoms with Gasteiger partial charge in [-0.1, -0.05) is 13.8 Å². The monoisotopic (exact) mass is 292 g/mol. The van der Waals surface area contributed by atoms with Crippen molar-refractivity contribution in [2.75, 3.05) is 32.1 Å². The second kappa shape index (κ2) is 6.39. The van der Waals surface area contributed by atoms with Crippen LogP contribution < -0.4 is 4.90 Å². The van der Waals surface area contributed by atoms with Crippen LogP contribution in [0.4, 0.5) is 5.69 Å². The third-order valence-corrected chi connectivity index (χ3v) is 3.97. The van der Waals surface area contributed by atoms with Crippen molar-refractivity contribution in [1.82, 2.24) is 14.9 Å². The van der Waals surface area contributed by atoms with Crippen molar-refractivity contribution in [2.24, 2.45) is 0 Å². The lowest BCUT2D eigenvalue weighted by Gasteiger charge is -2.37. The van der Waals surface area contributed by atoms with Gasteiger partial charge in [-0.05, 0) is 26.9 Å². The molecule has 6 heteroatoms. The van der Waals surface area contributed by atoms with E-state index < -0.39 is 5.97 Å². The van der Waals surface area contributed by atoms with Crippen LogP contribution in [0.15, 0.2) is 6.20 Å². The van der Waals surface area contributed by atoms with Gasteiger partial charge >= 0.3 is 5.97 Å². The van der Waals surface area contributed by atoms with Crippen LogP contribution in [0, 0.1) is 0 Å². The van der Waals surface area contributed by atoms with Crippen LogP contribution in [-0.2, 0) is 0 Å². The molecule has 21 heavy (non-hydrogen) atoms. The summed E-state index contributed by atoms with van der Waals surface area (Å²) in [5, 5.41) is 9.45. The Hall–Kier alpha value is -1.69. The molecule has 1 aromatic rings. The van der Waals surface area contributed by atoms with Crippen molar-refractivity contribution in [3.63, 3.8) is 0 Å². The Kier molecular flexibility index (Phi) is 4.77. The number of hydrogen-bond acceptors (Lipinski definition) is 5. The fourth-order valence-electron chi connectivity index (χ4n) is 2.65. The zero-order valence-electron chi connectivity index (χ0n) is 13.2. The normalized spacial score (nSPS) is 19.3. The number of piperidine rings is 1. The number of aromatic carboxylic acids is 1. The van der Waals surface area contributed by atoms with Crippen LogP contribution in [0.2, 0.25) is 0 Å². The van der Waals surface area contributed by atoms with E-state index in [0.29, 0.717) is 17.6 Å². The lowest BCUT2D eigenvalue weighted by molar-refractivity contribution is 0.0690. The maximum atomic E-state index is 11.5. The van der Waals surface area contributed by atoms with Gasteiger partial charge in [-0.3, -0.25) is 0 Å². The van der Waals surface area contributed by atoms with Crippen molar-refractivity contribution in [2.45, 2.75) is 38.6 Å². The zero-order valence-corrected chi connectivity index (χ0v) is 13.2. The molecule has 1 aliphatic heterocycles. The van der Waals surface area contributed by atoms with E-state index in [-0.39, 0.29) is 11.6 Å². The maximum absolute atomic E-state index is 11.5. The molecule has 1 N–H and O–H groups in total. The van der Waals surface area contributed by atoms with Gasteiger partial charge in [0.15, 0.2) is 5.69 Å². The Morgan fingerprint density at radius 3 is 2.76 bits per heavy atom. The van der Waals surface area contributed by atoms with Crippen LogP contribution in [0.1, 0.15) is 48.9 Å². The molecule has 1 saturated heterocycles. The van der Waals surface area contributed by atoms with E-state index >= 15 is 0 Å². The summed E-state index contributed by atoms with van der Waals surface area (Å²) in [6, 6.07) is 0.435. The molecule has 6 nitrogen and oxygen atoms in total. The van der Waals surface area contributed by atoms with E-state index in [4.69, 9.17) is 0 Å². The van der Waals surface area contributed by atoms with E-state index in [9.17, 15) is 9.90 Å². The van der Waals surface area contributed by atoms with Gasteiger partial charge in [-0.2, -0.15) is 0 Å². The fraction of sp³-hybridized carbons (Fsp3) is 0.667. The summed E-state index contributed by atoms with van der Waals surface area (Å²) in [4.78, 5) is 24.4. The molecule has 1 unspecified atom stereocenters. The standard InChI is InChI=1S/C15H24N4O2/c1-10(2)14-16-8-12(13(17-14)15(20)21)19-7-5-6-11(9-19)18(3)4/h8,10-11H,5-7,9H2,1-4H3,(H,20,21). The minimum Gasteiger partial charge on any atom is -0.476 e. The number of carboxylic acids is 1. The highest BCUT2D eigenvalue weighted by molar-refractivity contribution is 5.92. The van der Waals surface area contributed by atoms with Crippen molar-refractivity contribution in [3.8, 4) is 0 Å². The third-order valence-electron chi connectivity index (χ3n) is 3.97. The van der Waals surface area contributed by atoms with Crippen LogP contribution in [-0.4, -0.2) is 59.2 Å². The van der Waals surface area contributed by atoms with E-state index in [0.717, 1.165) is 25.9 Å². The highest BCUT2D eigenvalue weighted by atomic mass is 16.4. The molecule has 1 aliphatic rings. The van der Waals surface area contributed by atoms with Gasteiger partial charge in [0.25, 0.3) is 0 Å².